The van der Waals surface area contributed by atoms with Gasteiger partial charge in [0.2, 0.25) is 0 Å². The molecule has 2 amide bonds. The summed E-state index contributed by atoms with van der Waals surface area (Å²) in [7, 11) is 0. The number of aryl methyl sites for hydroxylation is 2. The van der Waals surface area contributed by atoms with Gasteiger partial charge in [0.15, 0.2) is 0 Å². The monoisotopic (exact) mass is 410 g/mol. The second-order valence-electron chi connectivity index (χ2n) is 8.31. The number of benzene rings is 3. The van der Waals surface area contributed by atoms with E-state index >= 15 is 0 Å². The molecule has 0 saturated heterocycles. The van der Waals surface area contributed by atoms with Gasteiger partial charge >= 0.3 is 0 Å². The summed E-state index contributed by atoms with van der Waals surface area (Å²) >= 11 is 0. The minimum absolute atomic E-state index is 0.299. The van der Waals surface area contributed by atoms with Crippen LogP contribution in [0, 0.1) is 13.8 Å². The van der Waals surface area contributed by atoms with Gasteiger partial charge in [-0.1, -0.05) is 62.4 Å². The molecular formula is C27H26N2O2. The fourth-order valence-corrected chi connectivity index (χ4v) is 3.93. The van der Waals surface area contributed by atoms with Crippen molar-refractivity contribution in [3.05, 3.63) is 101 Å². The number of nitrogens with one attached hydrogen (secondary N) is 1. The van der Waals surface area contributed by atoms with E-state index in [1.165, 1.54) is 10.5 Å². The van der Waals surface area contributed by atoms with E-state index in [1.54, 1.807) is 0 Å². The van der Waals surface area contributed by atoms with Crippen LogP contribution in [0.5, 0.6) is 0 Å². The van der Waals surface area contributed by atoms with Gasteiger partial charge < -0.3 is 5.32 Å². The molecule has 31 heavy (non-hydrogen) atoms. The average Bonchev–Trinajstić information content (AvgIpc) is 2.98. The quantitative estimate of drug-likeness (QED) is 0.539. The first-order chi connectivity index (χ1) is 14.8. The summed E-state index contributed by atoms with van der Waals surface area (Å²) in [5.41, 5.74) is 5.99. The molecule has 0 unspecified atom stereocenters. The van der Waals surface area contributed by atoms with Crippen LogP contribution < -0.4 is 10.2 Å². The zero-order valence-electron chi connectivity index (χ0n) is 18.3. The molecule has 4 heteroatoms. The van der Waals surface area contributed by atoms with E-state index in [-0.39, 0.29) is 11.8 Å². The molecule has 1 N–H and O–H groups in total. The Morgan fingerprint density at radius 1 is 0.774 bits per heavy atom. The molecule has 0 saturated carbocycles. The lowest BCUT2D eigenvalue weighted by molar-refractivity contribution is -0.120. The fraction of sp³-hybridized carbons (Fsp3) is 0.185. The van der Waals surface area contributed by atoms with E-state index in [4.69, 9.17) is 0 Å². The Kier molecular flexibility index (Phi) is 5.47. The predicted molar refractivity (Wildman–Crippen MR) is 126 cm³/mol. The Labute approximate surface area is 183 Å². The van der Waals surface area contributed by atoms with Crippen molar-refractivity contribution in [2.24, 2.45) is 0 Å². The van der Waals surface area contributed by atoms with E-state index < -0.39 is 0 Å². The van der Waals surface area contributed by atoms with E-state index in [2.05, 4.69) is 19.2 Å². The maximum Gasteiger partial charge on any atom is 0.282 e. The van der Waals surface area contributed by atoms with Crippen LogP contribution in [-0.4, -0.2) is 11.8 Å². The van der Waals surface area contributed by atoms with Gasteiger partial charge in [0.25, 0.3) is 11.8 Å². The molecule has 0 aliphatic carbocycles. The minimum Gasteiger partial charge on any atom is -0.350 e. The largest absolute Gasteiger partial charge is 0.350 e. The van der Waals surface area contributed by atoms with Crippen molar-refractivity contribution >= 4 is 28.8 Å². The van der Waals surface area contributed by atoms with Crippen molar-refractivity contribution in [2.45, 2.75) is 33.6 Å². The molecule has 0 radical (unpaired) electrons. The topological polar surface area (TPSA) is 49.4 Å². The highest BCUT2D eigenvalue weighted by Crippen LogP contribution is 2.34. The molecule has 0 fully saturated rings. The molecule has 156 valence electrons. The van der Waals surface area contributed by atoms with Crippen LogP contribution in [0.1, 0.15) is 42.0 Å². The number of carbonyl (C=O) groups excluding carboxylic acids is 2. The highest BCUT2D eigenvalue weighted by Gasteiger charge is 2.40. The molecule has 1 aliphatic heterocycles. The molecule has 4 rings (SSSR count). The summed E-state index contributed by atoms with van der Waals surface area (Å²) in [5, 5.41) is 3.23. The van der Waals surface area contributed by atoms with Crippen LogP contribution in [-0.2, 0) is 9.59 Å². The van der Waals surface area contributed by atoms with Crippen LogP contribution in [0.25, 0.3) is 5.57 Å². The molecule has 0 atom stereocenters. The predicted octanol–water partition coefficient (Wildman–Crippen LogP) is 5.82. The van der Waals surface area contributed by atoms with Crippen LogP contribution in [0.15, 0.2) is 78.5 Å². The van der Waals surface area contributed by atoms with E-state index in [0.717, 1.165) is 16.8 Å². The molecule has 0 bridgehead atoms. The number of anilines is 2. The summed E-state index contributed by atoms with van der Waals surface area (Å²) in [5.74, 6) is -0.243. The lowest BCUT2D eigenvalue weighted by Gasteiger charge is -2.17. The number of imide groups is 1. The van der Waals surface area contributed by atoms with Crippen LogP contribution in [0.4, 0.5) is 11.4 Å². The maximum atomic E-state index is 13.5. The van der Waals surface area contributed by atoms with E-state index in [1.807, 2.05) is 86.6 Å². The lowest BCUT2D eigenvalue weighted by atomic mass is 10.0. The minimum atomic E-state index is -0.346. The van der Waals surface area contributed by atoms with Gasteiger partial charge in [-0.3, -0.25) is 9.59 Å². The van der Waals surface area contributed by atoms with E-state index in [9.17, 15) is 9.59 Å². The number of hydrogen-bond acceptors (Lipinski definition) is 3. The summed E-state index contributed by atoms with van der Waals surface area (Å²) in [6.45, 7) is 8.20. The van der Waals surface area contributed by atoms with Crippen molar-refractivity contribution < 1.29 is 9.59 Å². The summed E-state index contributed by atoms with van der Waals surface area (Å²) in [6, 6.07) is 23.1. The molecule has 3 aromatic carbocycles. The number of nitrogens with zero attached hydrogens (tertiary/aromatic N) is 1. The zero-order valence-corrected chi connectivity index (χ0v) is 18.3. The van der Waals surface area contributed by atoms with Gasteiger partial charge in [-0.05, 0) is 66.3 Å². The van der Waals surface area contributed by atoms with Gasteiger partial charge in [-0.25, -0.2) is 4.90 Å². The Morgan fingerprint density at radius 3 is 1.97 bits per heavy atom. The van der Waals surface area contributed by atoms with Gasteiger partial charge in [0.05, 0.1) is 11.3 Å². The van der Waals surface area contributed by atoms with Crippen LogP contribution in [0.3, 0.4) is 0 Å². The number of amides is 2. The van der Waals surface area contributed by atoms with Crippen LogP contribution >= 0.6 is 0 Å². The number of hydrogen-bond donors (Lipinski definition) is 1. The summed E-state index contributed by atoms with van der Waals surface area (Å²) in [6.07, 6.45) is 0. The third-order valence-electron chi connectivity index (χ3n) is 5.46. The number of rotatable bonds is 5. The maximum absolute atomic E-state index is 13.5. The molecule has 1 aliphatic rings. The fourth-order valence-electron chi connectivity index (χ4n) is 3.93. The Morgan fingerprint density at radius 2 is 1.39 bits per heavy atom. The van der Waals surface area contributed by atoms with Gasteiger partial charge in [0, 0.05) is 5.69 Å². The van der Waals surface area contributed by atoms with Gasteiger partial charge in [0.1, 0.15) is 5.70 Å². The van der Waals surface area contributed by atoms with Crippen molar-refractivity contribution in [1.82, 2.24) is 0 Å². The first-order valence-electron chi connectivity index (χ1n) is 10.5. The third kappa shape index (κ3) is 4.02. The lowest BCUT2D eigenvalue weighted by Crippen LogP contribution is -2.32. The van der Waals surface area contributed by atoms with Crippen molar-refractivity contribution in [1.29, 1.82) is 0 Å². The molecule has 0 spiro atoms. The van der Waals surface area contributed by atoms with Crippen molar-refractivity contribution in [3.63, 3.8) is 0 Å². The van der Waals surface area contributed by atoms with E-state index in [0.29, 0.717) is 28.4 Å². The Balaban J connectivity index is 1.78. The van der Waals surface area contributed by atoms with Gasteiger partial charge in [-0.2, -0.15) is 0 Å². The normalized spacial score (nSPS) is 14.0. The number of carbonyl (C=O) groups is 2. The first kappa shape index (κ1) is 20.6. The van der Waals surface area contributed by atoms with Gasteiger partial charge in [-0.15, -0.1) is 0 Å². The molecule has 3 aromatic rings. The second-order valence-corrected chi connectivity index (χ2v) is 8.31. The zero-order chi connectivity index (χ0) is 22.1. The summed E-state index contributed by atoms with van der Waals surface area (Å²) in [4.78, 5) is 28.2. The molecular weight excluding hydrogens is 384 g/mol. The van der Waals surface area contributed by atoms with Crippen LogP contribution in [0.2, 0.25) is 0 Å². The molecule has 0 aromatic heterocycles. The Hall–Kier alpha value is -3.66. The molecule has 4 nitrogen and oxygen atoms in total. The average molecular weight is 411 g/mol. The third-order valence-corrected chi connectivity index (χ3v) is 5.46. The molecule has 1 heterocycles. The SMILES string of the molecule is Cc1cc(C)cc(N2C(=O)C(Nc3ccc(C(C)C)cc3)=C(c3ccccc3)C2=O)c1. The smallest absolute Gasteiger partial charge is 0.282 e. The highest BCUT2D eigenvalue weighted by atomic mass is 16.2. The summed E-state index contributed by atoms with van der Waals surface area (Å²) < 4.78 is 0. The van der Waals surface area contributed by atoms with Crippen molar-refractivity contribution in [3.8, 4) is 0 Å². The highest BCUT2D eigenvalue weighted by molar-refractivity contribution is 6.46. The van der Waals surface area contributed by atoms with Crippen molar-refractivity contribution in [2.75, 3.05) is 10.2 Å². The second kappa shape index (κ2) is 8.23. The standard InChI is InChI=1S/C27H26N2O2/c1-17(2)20-10-12-22(13-11-20)28-25-24(21-8-6-5-7-9-21)26(30)29(27(25)31)23-15-18(3)14-19(4)16-23/h5-17,28H,1-4H3. The first-order valence-corrected chi connectivity index (χ1v) is 10.5. The Bertz CT molecular complexity index is 1160.